The predicted octanol–water partition coefficient (Wildman–Crippen LogP) is 3.83. The lowest BCUT2D eigenvalue weighted by Gasteiger charge is -2.12. The number of hydrogen-bond acceptors (Lipinski definition) is 1. The fourth-order valence-corrected chi connectivity index (χ4v) is 1.84. The number of allylic oxidation sites excluding steroid dienone is 1. The van der Waals surface area contributed by atoms with E-state index in [1.54, 1.807) is 5.57 Å². The van der Waals surface area contributed by atoms with E-state index in [-0.39, 0.29) is 0 Å². The van der Waals surface area contributed by atoms with Crippen LogP contribution in [0.25, 0.3) is 6.08 Å². The SMILES string of the molecule is C1=C(CC/C=C/c2ccccc2)CCOC1. The first kappa shape index (κ1) is 11.2. The van der Waals surface area contributed by atoms with Gasteiger partial charge in [0.05, 0.1) is 13.2 Å². The molecule has 0 atom stereocenters. The molecule has 84 valence electrons. The van der Waals surface area contributed by atoms with Crippen molar-refractivity contribution >= 4 is 6.08 Å². The Balaban J connectivity index is 1.75. The highest BCUT2D eigenvalue weighted by Crippen LogP contribution is 2.14. The van der Waals surface area contributed by atoms with Gasteiger partial charge < -0.3 is 4.74 Å². The second-order valence-corrected chi connectivity index (χ2v) is 4.04. The maximum Gasteiger partial charge on any atom is 0.0650 e. The Morgan fingerprint density at radius 2 is 2.06 bits per heavy atom. The van der Waals surface area contributed by atoms with Gasteiger partial charge in [0.25, 0.3) is 0 Å². The van der Waals surface area contributed by atoms with E-state index in [9.17, 15) is 0 Å². The molecule has 1 heterocycles. The first-order chi connectivity index (χ1) is 7.95. The molecule has 1 aliphatic heterocycles. The highest BCUT2D eigenvalue weighted by Gasteiger charge is 2.01. The molecular weight excluding hydrogens is 196 g/mol. The highest BCUT2D eigenvalue weighted by molar-refractivity contribution is 5.48. The van der Waals surface area contributed by atoms with Crippen molar-refractivity contribution in [3.8, 4) is 0 Å². The van der Waals surface area contributed by atoms with Crippen LogP contribution in [0.2, 0.25) is 0 Å². The second kappa shape index (κ2) is 6.29. The largest absolute Gasteiger partial charge is 0.377 e. The van der Waals surface area contributed by atoms with Crippen LogP contribution in [-0.4, -0.2) is 13.2 Å². The first-order valence-corrected chi connectivity index (χ1v) is 5.92. The summed E-state index contributed by atoms with van der Waals surface area (Å²) < 4.78 is 5.28. The molecule has 0 aromatic heterocycles. The third-order valence-electron chi connectivity index (χ3n) is 2.80. The standard InChI is InChI=1S/C15H18O/c1-2-6-14(7-3-1)8-4-5-9-15-10-12-16-13-11-15/h1-4,6-8,10H,5,9,11-13H2/b8-4+. The smallest absolute Gasteiger partial charge is 0.0650 e. The average Bonchev–Trinajstić information content (AvgIpc) is 2.37. The summed E-state index contributed by atoms with van der Waals surface area (Å²) in [5.74, 6) is 0. The Hall–Kier alpha value is -1.34. The van der Waals surface area contributed by atoms with E-state index in [0.29, 0.717) is 0 Å². The summed E-state index contributed by atoms with van der Waals surface area (Å²) in [6.07, 6.45) is 10.1. The van der Waals surface area contributed by atoms with Crippen molar-refractivity contribution in [2.75, 3.05) is 13.2 Å². The fourth-order valence-electron chi connectivity index (χ4n) is 1.84. The summed E-state index contributed by atoms with van der Waals surface area (Å²) in [5, 5.41) is 0. The minimum atomic E-state index is 0.803. The minimum absolute atomic E-state index is 0.803. The van der Waals surface area contributed by atoms with Crippen LogP contribution in [-0.2, 0) is 4.74 Å². The van der Waals surface area contributed by atoms with Crippen molar-refractivity contribution in [2.45, 2.75) is 19.3 Å². The Labute approximate surface area is 97.4 Å². The van der Waals surface area contributed by atoms with Crippen LogP contribution in [0, 0.1) is 0 Å². The van der Waals surface area contributed by atoms with Gasteiger partial charge >= 0.3 is 0 Å². The molecule has 0 unspecified atom stereocenters. The topological polar surface area (TPSA) is 9.23 Å². The summed E-state index contributed by atoms with van der Waals surface area (Å²) in [7, 11) is 0. The van der Waals surface area contributed by atoms with Crippen molar-refractivity contribution < 1.29 is 4.74 Å². The normalized spacial score (nSPS) is 16.4. The molecule has 0 spiro atoms. The predicted molar refractivity (Wildman–Crippen MR) is 68.2 cm³/mol. The van der Waals surface area contributed by atoms with E-state index in [4.69, 9.17) is 4.74 Å². The average molecular weight is 214 g/mol. The van der Waals surface area contributed by atoms with Gasteiger partial charge in [0.1, 0.15) is 0 Å². The van der Waals surface area contributed by atoms with Crippen LogP contribution in [0.15, 0.2) is 48.1 Å². The molecule has 1 aromatic carbocycles. The molecular formula is C15H18O. The van der Waals surface area contributed by atoms with Gasteiger partial charge in [0.15, 0.2) is 0 Å². The lowest BCUT2D eigenvalue weighted by Crippen LogP contribution is -2.03. The summed E-state index contributed by atoms with van der Waals surface area (Å²) in [5.41, 5.74) is 2.83. The van der Waals surface area contributed by atoms with Gasteiger partial charge in [-0.2, -0.15) is 0 Å². The van der Waals surface area contributed by atoms with E-state index in [1.165, 1.54) is 12.0 Å². The van der Waals surface area contributed by atoms with Gasteiger partial charge in [-0.3, -0.25) is 0 Å². The molecule has 0 saturated carbocycles. The molecule has 0 radical (unpaired) electrons. The molecule has 0 fully saturated rings. The summed E-state index contributed by atoms with van der Waals surface area (Å²) in [6.45, 7) is 1.70. The molecule has 0 saturated heterocycles. The molecule has 0 N–H and O–H groups in total. The molecule has 1 nitrogen and oxygen atoms in total. The van der Waals surface area contributed by atoms with E-state index < -0.39 is 0 Å². The van der Waals surface area contributed by atoms with Crippen molar-refractivity contribution in [3.05, 3.63) is 53.6 Å². The fraction of sp³-hybridized carbons (Fsp3) is 0.333. The van der Waals surface area contributed by atoms with Crippen LogP contribution < -0.4 is 0 Å². The Morgan fingerprint density at radius 3 is 2.81 bits per heavy atom. The van der Waals surface area contributed by atoms with Crippen molar-refractivity contribution in [2.24, 2.45) is 0 Å². The zero-order valence-corrected chi connectivity index (χ0v) is 9.56. The quantitative estimate of drug-likeness (QED) is 0.692. The van der Waals surface area contributed by atoms with Crippen LogP contribution in [0.5, 0.6) is 0 Å². The zero-order valence-electron chi connectivity index (χ0n) is 9.56. The third-order valence-corrected chi connectivity index (χ3v) is 2.80. The van der Waals surface area contributed by atoms with Crippen molar-refractivity contribution in [1.29, 1.82) is 0 Å². The maximum absolute atomic E-state index is 5.28. The van der Waals surface area contributed by atoms with Gasteiger partial charge in [0.2, 0.25) is 0 Å². The minimum Gasteiger partial charge on any atom is -0.377 e. The van der Waals surface area contributed by atoms with E-state index in [0.717, 1.165) is 26.1 Å². The molecule has 0 amide bonds. The van der Waals surface area contributed by atoms with E-state index >= 15 is 0 Å². The zero-order chi connectivity index (χ0) is 11.1. The van der Waals surface area contributed by atoms with Gasteiger partial charge in [0, 0.05) is 0 Å². The number of rotatable bonds is 4. The summed E-state index contributed by atoms with van der Waals surface area (Å²) in [4.78, 5) is 0. The Bertz CT molecular complexity index is 362. The van der Waals surface area contributed by atoms with Crippen molar-refractivity contribution in [1.82, 2.24) is 0 Å². The van der Waals surface area contributed by atoms with Gasteiger partial charge in [-0.1, -0.05) is 54.1 Å². The van der Waals surface area contributed by atoms with E-state index in [2.05, 4.69) is 42.5 Å². The third kappa shape index (κ3) is 3.67. The second-order valence-electron chi connectivity index (χ2n) is 4.04. The molecule has 1 heteroatoms. The monoisotopic (exact) mass is 214 g/mol. The lowest BCUT2D eigenvalue weighted by molar-refractivity contribution is 0.153. The van der Waals surface area contributed by atoms with Crippen LogP contribution in [0.4, 0.5) is 0 Å². The highest BCUT2D eigenvalue weighted by atomic mass is 16.5. The first-order valence-electron chi connectivity index (χ1n) is 5.92. The van der Waals surface area contributed by atoms with E-state index in [1.807, 2.05) is 6.07 Å². The summed E-state index contributed by atoms with van der Waals surface area (Å²) in [6, 6.07) is 10.4. The number of ether oxygens (including phenoxy) is 1. The Morgan fingerprint density at radius 1 is 1.19 bits per heavy atom. The molecule has 1 aromatic rings. The summed E-state index contributed by atoms with van der Waals surface area (Å²) >= 11 is 0. The number of benzene rings is 1. The van der Waals surface area contributed by atoms with Crippen LogP contribution in [0.1, 0.15) is 24.8 Å². The van der Waals surface area contributed by atoms with Gasteiger partial charge in [-0.05, 0) is 24.8 Å². The van der Waals surface area contributed by atoms with Crippen LogP contribution in [0.3, 0.4) is 0 Å². The van der Waals surface area contributed by atoms with Gasteiger partial charge in [-0.25, -0.2) is 0 Å². The van der Waals surface area contributed by atoms with Crippen LogP contribution >= 0.6 is 0 Å². The molecule has 16 heavy (non-hydrogen) atoms. The maximum atomic E-state index is 5.28. The molecule has 1 aliphatic rings. The van der Waals surface area contributed by atoms with Gasteiger partial charge in [-0.15, -0.1) is 0 Å². The number of hydrogen-bond donors (Lipinski definition) is 0. The molecule has 0 bridgehead atoms. The lowest BCUT2D eigenvalue weighted by atomic mass is 10.1. The Kier molecular flexibility index (Phi) is 4.38. The molecule has 2 rings (SSSR count). The van der Waals surface area contributed by atoms with Crippen molar-refractivity contribution in [3.63, 3.8) is 0 Å². The molecule has 0 aliphatic carbocycles.